The van der Waals surface area contributed by atoms with Crippen LogP contribution < -0.4 is 18.9 Å². The number of nitrogens with one attached hydrogen (secondary N) is 2. The van der Waals surface area contributed by atoms with Gasteiger partial charge < -0.3 is 43.6 Å². The topological polar surface area (TPSA) is 146 Å². The Kier molecular flexibility index (Phi) is 11.0. The van der Waals surface area contributed by atoms with Crippen LogP contribution in [0.2, 0.25) is 0 Å². The van der Waals surface area contributed by atoms with Crippen molar-refractivity contribution in [3.63, 3.8) is 0 Å². The molecule has 1 saturated heterocycles. The lowest BCUT2D eigenvalue weighted by molar-refractivity contribution is -0.157. The van der Waals surface area contributed by atoms with Crippen LogP contribution in [0.25, 0.3) is 21.8 Å². The fourth-order valence-corrected chi connectivity index (χ4v) is 9.34. The molecule has 314 valence electrons. The van der Waals surface area contributed by atoms with E-state index in [9.17, 15) is 19.2 Å². The summed E-state index contributed by atoms with van der Waals surface area (Å²) in [5.74, 6) is 2.53. The molecule has 0 unspecified atom stereocenters. The molecule has 61 heavy (non-hydrogen) atoms. The zero-order valence-electron chi connectivity index (χ0n) is 33.1. The number of fused-ring (bicyclic) bond motifs is 9. The molecule has 5 aliphatic rings. The van der Waals surface area contributed by atoms with Gasteiger partial charge in [0.05, 0.1) is 24.5 Å². The van der Waals surface area contributed by atoms with Crippen LogP contribution >= 0.6 is 34.8 Å². The van der Waals surface area contributed by atoms with Gasteiger partial charge in [0.25, 0.3) is 0 Å². The van der Waals surface area contributed by atoms with Gasteiger partial charge in [-0.2, -0.15) is 0 Å². The minimum Gasteiger partial charge on any atom is -0.454 e. The van der Waals surface area contributed by atoms with E-state index in [1.807, 2.05) is 71.6 Å². The fourth-order valence-electron chi connectivity index (χ4n) is 9.20. The average molecular weight is 885 g/mol. The molecule has 0 aliphatic carbocycles. The lowest BCUT2D eigenvalue weighted by atomic mass is 9.85. The summed E-state index contributed by atoms with van der Waals surface area (Å²) in [5.41, 5.74) is 8.38. The van der Waals surface area contributed by atoms with E-state index in [4.69, 9.17) is 53.8 Å². The Hall–Kier alpha value is -5.89. The number of carbonyl (C=O) groups excluding carboxylic acids is 4. The number of piperazine rings is 1. The molecule has 16 heteroatoms. The van der Waals surface area contributed by atoms with Crippen LogP contribution in [0.1, 0.15) is 52.6 Å². The Bertz CT molecular complexity index is 2720. The third-order valence-electron chi connectivity index (χ3n) is 11.7. The molecule has 2 N–H and O–H groups in total. The van der Waals surface area contributed by atoms with Gasteiger partial charge in [0.2, 0.25) is 36.5 Å². The third kappa shape index (κ3) is 7.28. The number of hydrogen-bond acceptors (Lipinski definition) is 8. The van der Waals surface area contributed by atoms with Crippen molar-refractivity contribution in [1.29, 1.82) is 0 Å². The van der Waals surface area contributed by atoms with Crippen molar-refractivity contribution < 1.29 is 38.1 Å². The molecule has 5 aliphatic heterocycles. The number of carbonyl (C=O) groups is 4. The zero-order valence-corrected chi connectivity index (χ0v) is 35.4. The smallest absolute Gasteiger partial charge is 0.246 e. The van der Waals surface area contributed by atoms with Crippen molar-refractivity contribution in [3.05, 3.63) is 119 Å². The number of nitrogens with zero attached hydrogens (tertiary/aromatic N) is 3. The molecule has 0 radical (unpaired) electrons. The van der Waals surface area contributed by atoms with Gasteiger partial charge in [-0.05, 0) is 66.0 Å². The quantitative estimate of drug-likeness (QED) is 0.140. The van der Waals surface area contributed by atoms with Gasteiger partial charge in [0.1, 0.15) is 11.9 Å². The molecule has 2 aromatic heterocycles. The van der Waals surface area contributed by atoms with Crippen LogP contribution in [0.15, 0.2) is 84.9 Å². The SMILES string of the molecule is CN1CC(=O)N2[C@@H](c3ccc4c(c3)OCO4)c3c([nH]c4ccccc34)C[C@@H]2C1=O.C[C@H]1Cc2[nH]c3ccccc3c2[C@H](c2ccc3c(c2)OCO3)N1C(=O)CCl.O=C(Cl)CCl. The van der Waals surface area contributed by atoms with Crippen LogP contribution in [0, 0.1) is 0 Å². The molecule has 0 bridgehead atoms. The summed E-state index contributed by atoms with van der Waals surface area (Å²) < 4.78 is 22.1. The number of rotatable bonds is 4. The van der Waals surface area contributed by atoms with E-state index < -0.39 is 11.3 Å². The van der Waals surface area contributed by atoms with Gasteiger partial charge >= 0.3 is 0 Å². The first kappa shape index (κ1) is 40.5. The summed E-state index contributed by atoms with van der Waals surface area (Å²) in [7, 11) is 1.69. The van der Waals surface area contributed by atoms with Crippen molar-refractivity contribution >= 4 is 79.6 Å². The van der Waals surface area contributed by atoms with Crippen molar-refractivity contribution in [2.24, 2.45) is 0 Å². The number of hydrogen-bond donors (Lipinski definition) is 2. The number of alkyl halides is 2. The monoisotopic (exact) mass is 883 g/mol. The second kappa shape index (κ2) is 16.5. The predicted octanol–water partition coefficient (Wildman–Crippen LogP) is 7.20. The number of para-hydroxylation sites is 2. The number of likely N-dealkylation sites (N-methyl/N-ethyl adjacent to an activating group) is 1. The number of halogens is 3. The molecule has 7 heterocycles. The van der Waals surface area contributed by atoms with E-state index in [2.05, 4.69) is 35.1 Å². The molecular weight excluding hydrogens is 845 g/mol. The van der Waals surface area contributed by atoms with Crippen molar-refractivity contribution in [1.82, 2.24) is 24.7 Å². The first-order valence-corrected chi connectivity index (χ1v) is 21.2. The molecule has 0 spiro atoms. The number of ether oxygens (including phenoxy) is 4. The maximum absolute atomic E-state index is 13.1. The molecule has 13 nitrogen and oxygen atoms in total. The lowest BCUT2D eigenvalue weighted by Gasteiger charge is -2.46. The standard InChI is InChI=1S/C22H19N3O4.C21H19ClN2O3.C2H2Cl2O/c1-24-10-19(26)25-16(22(24)27)9-15-20(13-4-2-3-5-14(13)23-15)21(25)12-6-7-17-18(8-12)29-11-28-17;1-12-8-16-20(14-4-2-3-5-15(14)23-16)21(24(12)19(25)10-22)13-6-7-17-18(9-13)27-11-26-17;3-1-2(4)5/h2-8,16,21,23H,9-11H2,1H3;2-7,9,12,21,23H,8,10-11H2,1H3;1H2/t16-,21+;12-,21-;/m10./s1. The minimum atomic E-state index is -0.516. The van der Waals surface area contributed by atoms with Crippen LogP contribution in [-0.2, 0) is 32.0 Å². The summed E-state index contributed by atoms with van der Waals surface area (Å²) in [6, 6.07) is 26.9. The van der Waals surface area contributed by atoms with Gasteiger partial charge in [-0.15, -0.1) is 23.2 Å². The highest BCUT2D eigenvalue weighted by molar-refractivity contribution is 6.67. The van der Waals surface area contributed by atoms with Crippen molar-refractivity contribution in [3.8, 4) is 23.0 Å². The third-order valence-corrected chi connectivity index (χ3v) is 12.5. The summed E-state index contributed by atoms with van der Waals surface area (Å²) in [6.07, 6.45) is 1.26. The predicted molar refractivity (Wildman–Crippen MR) is 230 cm³/mol. The highest BCUT2D eigenvalue weighted by Crippen LogP contribution is 2.47. The van der Waals surface area contributed by atoms with Gasteiger partial charge in [-0.3, -0.25) is 19.2 Å². The van der Waals surface area contributed by atoms with Gasteiger partial charge in [-0.1, -0.05) is 48.5 Å². The number of H-pyrrole nitrogens is 2. The Morgan fingerprint density at radius 3 is 1.77 bits per heavy atom. The Labute approximate surface area is 365 Å². The van der Waals surface area contributed by atoms with Crippen molar-refractivity contribution in [2.75, 3.05) is 38.9 Å². The Morgan fingerprint density at radius 1 is 0.705 bits per heavy atom. The lowest BCUT2D eigenvalue weighted by Crippen LogP contribution is -2.62. The van der Waals surface area contributed by atoms with E-state index in [0.717, 1.165) is 61.9 Å². The van der Waals surface area contributed by atoms with E-state index in [0.29, 0.717) is 23.7 Å². The molecule has 4 atom stereocenters. The summed E-state index contributed by atoms with van der Waals surface area (Å²) in [4.78, 5) is 60.6. The largest absolute Gasteiger partial charge is 0.454 e. The van der Waals surface area contributed by atoms with Crippen LogP contribution in [-0.4, -0.2) is 98.7 Å². The van der Waals surface area contributed by atoms with Crippen molar-refractivity contribution in [2.45, 2.75) is 43.9 Å². The van der Waals surface area contributed by atoms with Crippen LogP contribution in [0.5, 0.6) is 23.0 Å². The van der Waals surface area contributed by atoms with Gasteiger partial charge in [-0.25, -0.2) is 0 Å². The van der Waals surface area contributed by atoms with Gasteiger partial charge in [0.15, 0.2) is 23.0 Å². The molecule has 4 aromatic carbocycles. The normalized spacial score (nSPS) is 20.6. The Morgan fingerprint density at radius 2 is 1.21 bits per heavy atom. The number of benzene rings is 4. The maximum atomic E-state index is 13.1. The summed E-state index contributed by atoms with van der Waals surface area (Å²) in [6.45, 7) is 2.58. The van der Waals surface area contributed by atoms with Gasteiger partial charge in [0, 0.05) is 70.3 Å². The number of amides is 3. The first-order chi connectivity index (χ1) is 29.6. The van der Waals surface area contributed by atoms with Crippen LogP contribution in [0.4, 0.5) is 0 Å². The number of aromatic nitrogens is 2. The molecule has 1 fully saturated rings. The average Bonchev–Trinajstić information content (AvgIpc) is 4.09. The maximum Gasteiger partial charge on any atom is 0.246 e. The zero-order chi connectivity index (χ0) is 42.5. The molecule has 11 rings (SSSR count). The Balaban J connectivity index is 0.000000141. The van der Waals surface area contributed by atoms with E-state index in [-0.39, 0.29) is 67.7 Å². The summed E-state index contributed by atoms with van der Waals surface area (Å²) >= 11 is 15.5. The molecule has 3 amide bonds. The second-order valence-electron chi connectivity index (χ2n) is 15.3. The second-order valence-corrected chi connectivity index (χ2v) is 16.3. The first-order valence-electron chi connectivity index (χ1n) is 19.7. The van der Waals surface area contributed by atoms with Crippen LogP contribution in [0.3, 0.4) is 0 Å². The minimum absolute atomic E-state index is 0.0281. The van der Waals surface area contributed by atoms with E-state index in [1.54, 1.807) is 11.9 Å². The highest BCUT2D eigenvalue weighted by atomic mass is 35.5. The number of aromatic amines is 2. The molecule has 6 aromatic rings. The van der Waals surface area contributed by atoms with E-state index in [1.165, 1.54) is 10.6 Å². The molecule has 0 saturated carbocycles. The fraction of sp³-hybridized carbons (Fsp3) is 0.289. The van der Waals surface area contributed by atoms with E-state index >= 15 is 0 Å². The summed E-state index contributed by atoms with van der Waals surface area (Å²) in [5, 5.41) is 1.70. The molecular formula is C45H40Cl3N5O8. The highest BCUT2D eigenvalue weighted by Gasteiger charge is 2.48.